The molecule has 0 radical (unpaired) electrons. The van der Waals surface area contributed by atoms with E-state index < -0.39 is 5.91 Å². The summed E-state index contributed by atoms with van der Waals surface area (Å²) in [5.74, 6) is -0.149. The molecule has 0 spiro atoms. The summed E-state index contributed by atoms with van der Waals surface area (Å²) in [6.07, 6.45) is 1.87. The van der Waals surface area contributed by atoms with Crippen molar-refractivity contribution in [2.24, 2.45) is 11.7 Å². The molecule has 0 heterocycles. The molecule has 1 aliphatic rings. The maximum Gasteiger partial charge on any atom is 0.264 e. The van der Waals surface area contributed by atoms with Gasteiger partial charge in [0.05, 0.1) is 0 Å². The molecule has 0 atom stereocenters. The lowest BCUT2D eigenvalue weighted by atomic mass is 10.2. The van der Waals surface area contributed by atoms with Crippen LogP contribution in [0.3, 0.4) is 0 Å². The number of primary amides is 1. The molecule has 0 saturated heterocycles. The second-order valence-corrected chi connectivity index (χ2v) is 6.44. The van der Waals surface area contributed by atoms with Crippen molar-refractivity contribution in [1.82, 2.24) is 0 Å². The first-order valence-electron chi connectivity index (χ1n) is 8.64. The minimum absolute atomic E-state index is 0.0161. The van der Waals surface area contributed by atoms with Gasteiger partial charge in [-0.3, -0.25) is 14.4 Å². The molecule has 1 fully saturated rings. The Morgan fingerprint density at radius 2 is 1.85 bits per heavy atom. The summed E-state index contributed by atoms with van der Waals surface area (Å²) < 4.78 is 5.55. The molecule has 0 aromatic heterocycles. The molecule has 7 heteroatoms. The van der Waals surface area contributed by atoms with E-state index in [1.807, 2.05) is 0 Å². The highest BCUT2D eigenvalue weighted by Gasteiger charge is 2.29. The fraction of sp³-hybridized carbons (Fsp3) is 0.250. The first-order valence-corrected chi connectivity index (χ1v) is 8.64. The van der Waals surface area contributed by atoms with Crippen molar-refractivity contribution in [3.05, 3.63) is 54.1 Å². The van der Waals surface area contributed by atoms with Crippen LogP contribution >= 0.6 is 0 Å². The van der Waals surface area contributed by atoms with E-state index in [-0.39, 0.29) is 24.3 Å². The lowest BCUT2D eigenvalue weighted by Crippen LogP contribution is -2.31. The molecule has 3 amide bonds. The minimum atomic E-state index is -0.521. The van der Waals surface area contributed by atoms with Gasteiger partial charge in [0.15, 0.2) is 6.61 Å². The zero-order chi connectivity index (χ0) is 19.4. The SMILES string of the molecule is CN(C(=O)COc1cccc(NC(=O)C2CC2)c1)c1ccc(C(N)=O)cc1. The largest absolute Gasteiger partial charge is 0.484 e. The fourth-order valence-corrected chi connectivity index (χ4v) is 2.49. The Kier molecular flexibility index (Phi) is 5.40. The number of carbonyl (C=O) groups is 3. The highest BCUT2D eigenvalue weighted by atomic mass is 16.5. The fourth-order valence-electron chi connectivity index (χ4n) is 2.49. The Bertz CT molecular complexity index is 860. The highest BCUT2D eigenvalue weighted by molar-refractivity contribution is 5.96. The molecule has 7 nitrogen and oxygen atoms in total. The maximum absolute atomic E-state index is 12.3. The van der Waals surface area contributed by atoms with Crippen molar-refractivity contribution in [2.75, 3.05) is 23.9 Å². The number of amides is 3. The predicted molar refractivity (Wildman–Crippen MR) is 102 cm³/mol. The number of rotatable bonds is 7. The number of hydrogen-bond acceptors (Lipinski definition) is 4. The monoisotopic (exact) mass is 367 g/mol. The molecule has 2 aromatic rings. The Labute approximate surface area is 157 Å². The second kappa shape index (κ2) is 7.90. The average molecular weight is 367 g/mol. The van der Waals surface area contributed by atoms with Gasteiger partial charge in [-0.1, -0.05) is 6.07 Å². The highest BCUT2D eigenvalue weighted by Crippen LogP contribution is 2.30. The lowest BCUT2D eigenvalue weighted by molar-refractivity contribution is -0.120. The number of nitrogens with zero attached hydrogens (tertiary/aromatic N) is 1. The zero-order valence-corrected chi connectivity index (χ0v) is 15.0. The molecule has 2 aromatic carbocycles. The molecular weight excluding hydrogens is 346 g/mol. The van der Waals surface area contributed by atoms with Crippen molar-refractivity contribution in [2.45, 2.75) is 12.8 Å². The summed E-state index contributed by atoms with van der Waals surface area (Å²) in [5.41, 5.74) is 6.85. The lowest BCUT2D eigenvalue weighted by Gasteiger charge is -2.18. The molecule has 0 unspecified atom stereocenters. The van der Waals surface area contributed by atoms with Crippen LogP contribution in [0.5, 0.6) is 5.75 Å². The predicted octanol–water partition coefficient (Wildman–Crippen LogP) is 2.18. The van der Waals surface area contributed by atoms with Crippen LogP contribution in [0.2, 0.25) is 0 Å². The van der Waals surface area contributed by atoms with Gasteiger partial charge in [0.25, 0.3) is 5.91 Å². The van der Waals surface area contributed by atoms with Gasteiger partial charge in [-0.05, 0) is 49.2 Å². The van der Waals surface area contributed by atoms with Gasteiger partial charge >= 0.3 is 0 Å². The molecule has 0 bridgehead atoms. The number of hydrogen-bond donors (Lipinski definition) is 2. The topological polar surface area (TPSA) is 102 Å². The summed E-state index contributed by atoms with van der Waals surface area (Å²) in [6.45, 7) is -0.159. The first-order chi connectivity index (χ1) is 12.9. The van der Waals surface area contributed by atoms with E-state index in [0.717, 1.165) is 12.8 Å². The van der Waals surface area contributed by atoms with Gasteiger partial charge in [0.2, 0.25) is 11.8 Å². The van der Waals surface area contributed by atoms with Crippen LogP contribution in [0.25, 0.3) is 0 Å². The summed E-state index contributed by atoms with van der Waals surface area (Å²) in [7, 11) is 1.62. The van der Waals surface area contributed by atoms with Gasteiger partial charge in [0.1, 0.15) is 5.75 Å². The third-order valence-electron chi connectivity index (χ3n) is 4.33. The zero-order valence-electron chi connectivity index (χ0n) is 15.0. The molecule has 27 heavy (non-hydrogen) atoms. The van der Waals surface area contributed by atoms with Crippen LogP contribution in [-0.2, 0) is 9.59 Å². The van der Waals surface area contributed by atoms with Crippen molar-refractivity contribution >= 4 is 29.1 Å². The van der Waals surface area contributed by atoms with Crippen LogP contribution < -0.4 is 20.7 Å². The standard InChI is InChI=1S/C20H21N3O4/c1-23(16-9-7-13(8-10-16)19(21)25)18(24)12-27-17-4-2-3-15(11-17)22-20(26)14-5-6-14/h2-4,7-11,14H,5-6,12H2,1H3,(H2,21,25)(H,22,26). The molecule has 3 N–H and O–H groups in total. The Hall–Kier alpha value is -3.35. The van der Waals surface area contributed by atoms with Gasteiger partial charge in [-0.25, -0.2) is 0 Å². The summed E-state index contributed by atoms with van der Waals surface area (Å²) in [6, 6.07) is 13.4. The van der Waals surface area contributed by atoms with E-state index in [0.29, 0.717) is 22.7 Å². The van der Waals surface area contributed by atoms with Crippen LogP contribution in [0.1, 0.15) is 23.2 Å². The van der Waals surface area contributed by atoms with Gasteiger partial charge < -0.3 is 20.7 Å². The average Bonchev–Trinajstić information content (AvgIpc) is 3.51. The Balaban J connectivity index is 1.56. The van der Waals surface area contributed by atoms with Gasteiger partial charge in [-0.15, -0.1) is 0 Å². The smallest absolute Gasteiger partial charge is 0.264 e. The minimum Gasteiger partial charge on any atom is -0.484 e. The summed E-state index contributed by atoms with van der Waals surface area (Å²) in [5, 5.41) is 2.84. The number of nitrogens with two attached hydrogens (primary N) is 1. The van der Waals surface area contributed by atoms with Crippen molar-refractivity contribution in [3.8, 4) is 5.75 Å². The Morgan fingerprint density at radius 3 is 2.48 bits per heavy atom. The molecular formula is C20H21N3O4. The number of nitrogens with one attached hydrogen (secondary N) is 1. The molecule has 1 saturated carbocycles. The maximum atomic E-state index is 12.3. The third-order valence-corrected chi connectivity index (χ3v) is 4.33. The number of ether oxygens (including phenoxy) is 1. The number of carbonyl (C=O) groups excluding carboxylic acids is 3. The van der Waals surface area contributed by atoms with E-state index in [1.165, 1.54) is 4.90 Å². The number of benzene rings is 2. The van der Waals surface area contributed by atoms with E-state index >= 15 is 0 Å². The van der Waals surface area contributed by atoms with E-state index in [1.54, 1.807) is 55.6 Å². The summed E-state index contributed by atoms with van der Waals surface area (Å²) in [4.78, 5) is 36.7. The quantitative estimate of drug-likeness (QED) is 0.783. The van der Waals surface area contributed by atoms with Crippen LogP contribution in [0.4, 0.5) is 11.4 Å². The molecule has 3 rings (SSSR count). The van der Waals surface area contributed by atoms with E-state index in [9.17, 15) is 14.4 Å². The van der Waals surface area contributed by atoms with Crippen LogP contribution in [0, 0.1) is 5.92 Å². The normalized spacial score (nSPS) is 12.9. The summed E-state index contributed by atoms with van der Waals surface area (Å²) >= 11 is 0. The Morgan fingerprint density at radius 1 is 1.15 bits per heavy atom. The van der Waals surface area contributed by atoms with Gasteiger partial charge in [-0.2, -0.15) is 0 Å². The molecule has 0 aliphatic heterocycles. The van der Waals surface area contributed by atoms with Crippen molar-refractivity contribution in [1.29, 1.82) is 0 Å². The second-order valence-electron chi connectivity index (χ2n) is 6.44. The third kappa shape index (κ3) is 4.84. The number of likely N-dealkylation sites (N-methyl/N-ethyl adjacent to an activating group) is 1. The van der Waals surface area contributed by atoms with E-state index in [2.05, 4.69) is 5.32 Å². The van der Waals surface area contributed by atoms with Crippen LogP contribution in [0.15, 0.2) is 48.5 Å². The van der Waals surface area contributed by atoms with Gasteiger partial charge in [0, 0.05) is 36.0 Å². The van der Waals surface area contributed by atoms with Crippen LogP contribution in [-0.4, -0.2) is 31.4 Å². The molecule has 140 valence electrons. The van der Waals surface area contributed by atoms with Crippen molar-refractivity contribution < 1.29 is 19.1 Å². The van der Waals surface area contributed by atoms with Crippen molar-refractivity contribution in [3.63, 3.8) is 0 Å². The number of anilines is 2. The first kappa shape index (κ1) is 18.4. The van der Waals surface area contributed by atoms with E-state index in [4.69, 9.17) is 10.5 Å². The molecule has 1 aliphatic carbocycles.